The molecule has 4 rings (SSSR count). The Morgan fingerprint density at radius 2 is 1.73 bits per heavy atom. The number of carbonyl (C=O) groups is 3. The maximum absolute atomic E-state index is 13.1. The van der Waals surface area contributed by atoms with Crippen LogP contribution in [0, 0.1) is 5.92 Å². The molecule has 2 aliphatic rings. The third-order valence-electron chi connectivity index (χ3n) is 5.68. The minimum Gasteiger partial charge on any atom is -0.369 e. The van der Waals surface area contributed by atoms with Crippen molar-refractivity contribution in [3.63, 3.8) is 0 Å². The molecular formula is C20H22N3O3+. The van der Waals surface area contributed by atoms with Crippen molar-refractivity contribution in [2.75, 3.05) is 18.0 Å². The van der Waals surface area contributed by atoms with E-state index in [1.54, 1.807) is 0 Å². The molecule has 2 saturated heterocycles. The zero-order valence-electron chi connectivity index (χ0n) is 14.5. The van der Waals surface area contributed by atoms with Crippen LogP contribution in [-0.4, -0.2) is 36.9 Å². The molecule has 3 amide bonds. The van der Waals surface area contributed by atoms with Crippen LogP contribution in [0.2, 0.25) is 0 Å². The SMILES string of the molecule is NC(=O)C1CC[NH+](C2CC(=O)N(c3cccc4ccccc34)C2=O)CC1. The third-order valence-corrected chi connectivity index (χ3v) is 5.68. The fraction of sp³-hybridized carbons (Fsp3) is 0.350. The Kier molecular flexibility index (Phi) is 4.20. The molecule has 2 aromatic carbocycles. The van der Waals surface area contributed by atoms with E-state index in [0.29, 0.717) is 31.6 Å². The van der Waals surface area contributed by atoms with E-state index >= 15 is 0 Å². The van der Waals surface area contributed by atoms with Gasteiger partial charge in [-0.2, -0.15) is 0 Å². The van der Waals surface area contributed by atoms with E-state index in [0.717, 1.165) is 15.7 Å². The lowest BCUT2D eigenvalue weighted by molar-refractivity contribution is -0.920. The van der Waals surface area contributed by atoms with Gasteiger partial charge in [-0.1, -0.05) is 36.4 Å². The summed E-state index contributed by atoms with van der Waals surface area (Å²) in [6, 6.07) is 13.1. The minimum atomic E-state index is -0.365. The predicted molar refractivity (Wildman–Crippen MR) is 97.5 cm³/mol. The average molecular weight is 352 g/mol. The molecule has 0 saturated carbocycles. The molecule has 26 heavy (non-hydrogen) atoms. The Morgan fingerprint density at radius 1 is 1.04 bits per heavy atom. The van der Waals surface area contributed by atoms with E-state index in [4.69, 9.17) is 5.73 Å². The Labute approximate surface area is 151 Å². The summed E-state index contributed by atoms with van der Waals surface area (Å²) in [5.74, 6) is -0.671. The van der Waals surface area contributed by atoms with Gasteiger partial charge in [0.2, 0.25) is 11.8 Å². The molecule has 6 heteroatoms. The number of anilines is 1. The summed E-state index contributed by atoms with van der Waals surface area (Å²) in [7, 11) is 0. The summed E-state index contributed by atoms with van der Waals surface area (Å²) in [6.07, 6.45) is 1.58. The van der Waals surface area contributed by atoms with E-state index in [-0.39, 0.29) is 36.1 Å². The summed E-state index contributed by atoms with van der Waals surface area (Å²) >= 11 is 0. The number of nitrogens with zero attached hydrogens (tertiary/aromatic N) is 1. The zero-order valence-corrected chi connectivity index (χ0v) is 14.5. The molecule has 2 fully saturated rings. The van der Waals surface area contributed by atoms with Crippen molar-refractivity contribution in [1.29, 1.82) is 0 Å². The van der Waals surface area contributed by atoms with Gasteiger partial charge in [-0.05, 0) is 11.5 Å². The van der Waals surface area contributed by atoms with E-state index in [2.05, 4.69) is 0 Å². The molecule has 1 unspecified atom stereocenters. The Morgan fingerprint density at radius 3 is 2.46 bits per heavy atom. The largest absolute Gasteiger partial charge is 0.369 e. The molecule has 0 spiro atoms. The lowest BCUT2D eigenvalue weighted by atomic mass is 9.95. The third kappa shape index (κ3) is 2.76. The number of quaternary nitrogens is 1. The highest BCUT2D eigenvalue weighted by molar-refractivity contribution is 6.24. The monoisotopic (exact) mass is 352 g/mol. The van der Waals surface area contributed by atoms with Gasteiger partial charge in [-0.25, -0.2) is 4.90 Å². The van der Waals surface area contributed by atoms with Gasteiger partial charge >= 0.3 is 0 Å². The highest BCUT2D eigenvalue weighted by Crippen LogP contribution is 2.30. The number of amides is 3. The summed E-state index contributed by atoms with van der Waals surface area (Å²) < 4.78 is 0. The second-order valence-electron chi connectivity index (χ2n) is 7.16. The molecule has 0 bridgehead atoms. The summed E-state index contributed by atoms with van der Waals surface area (Å²) in [5, 5.41) is 1.91. The number of piperidine rings is 1. The van der Waals surface area contributed by atoms with Crippen molar-refractivity contribution in [3.05, 3.63) is 42.5 Å². The summed E-state index contributed by atoms with van der Waals surface area (Å²) in [5.41, 5.74) is 6.05. The van der Waals surface area contributed by atoms with Gasteiger partial charge in [0, 0.05) is 24.1 Å². The van der Waals surface area contributed by atoms with Gasteiger partial charge in [-0.3, -0.25) is 14.4 Å². The molecule has 2 heterocycles. The first-order valence-corrected chi connectivity index (χ1v) is 9.04. The second-order valence-corrected chi connectivity index (χ2v) is 7.16. The maximum atomic E-state index is 13.1. The van der Waals surface area contributed by atoms with Crippen LogP contribution >= 0.6 is 0 Å². The normalized spacial score (nSPS) is 26.5. The number of rotatable bonds is 3. The Balaban J connectivity index is 1.59. The molecule has 134 valence electrons. The fourth-order valence-electron chi connectivity index (χ4n) is 4.23. The van der Waals surface area contributed by atoms with Gasteiger partial charge in [0.1, 0.15) is 0 Å². The number of hydrogen-bond acceptors (Lipinski definition) is 3. The van der Waals surface area contributed by atoms with E-state index in [1.807, 2.05) is 42.5 Å². The Bertz CT molecular complexity index is 882. The molecule has 1 atom stereocenters. The highest BCUT2D eigenvalue weighted by Gasteiger charge is 2.47. The van der Waals surface area contributed by atoms with Gasteiger partial charge in [-0.15, -0.1) is 0 Å². The highest BCUT2D eigenvalue weighted by atomic mass is 16.2. The van der Waals surface area contributed by atoms with Gasteiger partial charge in [0.05, 0.1) is 25.2 Å². The second kappa shape index (κ2) is 6.53. The first-order chi connectivity index (χ1) is 12.6. The van der Waals surface area contributed by atoms with Crippen molar-refractivity contribution in [2.45, 2.75) is 25.3 Å². The summed E-state index contributed by atoms with van der Waals surface area (Å²) in [4.78, 5) is 39.5. The Hall–Kier alpha value is -2.73. The van der Waals surface area contributed by atoms with Crippen LogP contribution in [-0.2, 0) is 14.4 Å². The molecule has 6 nitrogen and oxygen atoms in total. The number of primary amides is 1. The van der Waals surface area contributed by atoms with Crippen molar-refractivity contribution in [2.24, 2.45) is 11.7 Å². The molecule has 2 aliphatic heterocycles. The van der Waals surface area contributed by atoms with Crippen LogP contribution in [0.5, 0.6) is 0 Å². The van der Waals surface area contributed by atoms with Crippen LogP contribution in [0.1, 0.15) is 19.3 Å². The van der Waals surface area contributed by atoms with Crippen molar-refractivity contribution < 1.29 is 19.3 Å². The van der Waals surface area contributed by atoms with E-state index in [1.165, 1.54) is 4.90 Å². The first kappa shape index (κ1) is 16.7. The number of carbonyl (C=O) groups excluding carboxylic acids is 3. The van der Waals surface area contributed by atoms with Crippen molar-refractivity contribution >= 4 is 34.2 Å². The topological polar surface area (TPSA) is 84.9 Å². The smallest absolute Gasteiger partial charge is 0.292 e. The molecular weight excluding hydrogens is 330 g/mol. The predicted octanol–water partition coefficient (Wildman–Crippen LogP) is 0.252. The molecule has 0 radical (unpaired) electrons. The fourth-order valence-corrected chi connectivity index (χ4v) is 4.23. The van der Waals surface area contributed by atoms with Crippen LogP contribution in [0.25, 0.3) is 10.8 Å². The average Bonchev–Trinajstić information content (AvgIpc) is 2.95. The summed E-state index contributed by atoms with van der Waals surface area (Å²) in [6.45, 7) is 1.39. The standard InChI is InChI=1S/C20H21N3O3/c21-19(25)14-8-10-22(11-9-14)17-12-18(24)23(20(17)26)16-7-3-5-13-4-1-2-6-15(13)16/h1-7,14,17H,8-12H2,(H2,21,25)/p+1. The van der Waals surface area contributed by atoms with Crippen LogP contribution in [0.3, 0.4) is 0 Å². The quantitative estimate of drug-likeness (QED) is 0.777. The van der Waals surface area contributed by atoms with Crippen LogP contribution in [0.15, 0.2) is 42.5 Å². The van der Waals surface area contributed by atoms with Crippen LogP contribution < -0.4 is 15.5 Å². The number of likely N-dealkylation sites (tertiary alicyclic amines) is 1. The molecule has 0 aromatic heterocycles. The number of benzene rings is 2. The lowest BCUT2D eigenvalue weighted by Gasteiger charge is -2.30. The van der Waals surface area contributed by atoms with Gasteiger partial charge in [0.25, 0.3) is 5.91 Å². The number of nitrogens with one attached hydrogen (secondary N) is 1. The number of imide groups is 1. The molecule has 2 aromatic rings. The number of fused-ring (bicyclic) bond motifs is 1. The lowest BCUT2D eigenvalue weighted by Crippen LogP contribution is -3.17. The number of nitrogens with two attached hydrogens (primary N) is 1. The molecule has 3 N–H and O–H groups in total. The van der Waals surface area contributed by atoms with Gasteiger partial charge in [0.15, 0.2) is 6.04 Å². The van der Waals surface area contributed by atoms with Crippen molar-refractivity contribution in [1.82, 2.24) is 0 Å². The van der Waals surface area contributed by atoms with E-state index in [9.17, 15) is 14.4 Å². The van der Waals surface area contributed by atoms with Crippen LogP contribution in [0.4, 0.5) is 5.69 Å². The first-order valence-electron chi connectivity index (χ1n) is 9.04. The van der Waals surface area contributed by atoms with Crippen molar-refractivity contribution in [3.8, 4) is 0 Å². The minimum absolute atomic E-state index is 0.111. The number of hydrogen-bond donors (Lipinski definition) is 2. The van der Waals surface area contributed by atoms with Gasteiger partial charge < -0.3 is 10.6 Å². The molecule has 0 aliphatic carbocycles. The van der Waals surface area contributed by atoms with E-state index < -0.39 is 0 Å². The maximum Gasteiger partial charge on any atom is 0.292 e. The zero-order chi connectivity index (χ0) is 18.3.